The van der Waals surface area contributed by atoms with Gasteiger partial charge in [0, 0.05) is 24.3 Å². The summed E-state index contributed by atoms with van der Waals surface area (Å²) in [6, 6.07) is 3.26. The highest BCUT2D eigenvalue weighted by Gasteiger charge is 2.53. The van der Waals surface area contributed by atoms with Crippen LogP contribution in [0.2, 0.25) is 0 Å². The third-order valence-electron chi connectivity index (χ3n) is 7.48. The summed E-state index contributed by atoms with van der Waals surface area (Å²) in [5.74, 6) is 1.42. The minimum Gasteiger partial charge on any atom is -0.441 e. The van der Waals surface area contributed by atoms with E-state index in [0.29, 0.717) is 11.0 Å². The molecule has 0 unspecified atom stereocenters. The van der Waals surface area contributed by atoms with Crippen molar-refractivity contribution in [2.75, 3.05) is 5.32 Å². The van der Waals surface area contributed by atoms with Gasteiger partial charge in [0.15, 0.2) is 11.7 Å². The maximum Gasteiger partial charge on any atom is 0.226 e. The van der Waals surface area contributed by atoms with Crippen molar-refractivity contribution in [1.29, 1.82) is 0 Å². The van der Waals surface area contributed by atoms with Gasteiger partial charge in [-0.15, -0.1) is 10.2 Å². The number of aromatic nitrogens is 3. The molecule has 9 heteroatoms. The molecule has 0 radical (unpaired) electrons. The Bertz CT molecular complexity index is 1170. The van der Waals surface area contributed by atoms with Crippen LogP contribution in [0.4, 0.5) is 13.9 Å². The average molecular weight is 471 g/mol. The summed E-state index contributed by atoms with van der Waals surface area (Å²) < 4.78 is 32.6. The van der Waals surface area contributed by atoms with Crippen LogP contribution < -0.4 is 5.32 Å². The highest BCUT2D eigenvalue weighted by atomic mass is 32.1. The Kier molecular flexibility index (Phi) is 5.05. The van der Waals surface area contributed by atoms with Crippen LogP contribution in [0.5, 0.6) is 0 Å². The molecule has 33 heavy (non-hydrogen) atoms. The van der Waals surface area contributed by atoms with Crippen LogP contribution in [0.15, 0.2) is 28.8 Å². The van der Waals surface area contributed by atoms with E-state index in [1.165, 1.54) is 62.1 Å². The minimum absolute atomic E-state index is 0.130. The number of hydrogen-bond acceptors (Lipinski definition) is 6. The lowest BCUT2D eigenvalue weighted by atomic mass is 9.50. The number of nitrogens with zero attached hydrogens (tertiary/aromatic N) is 3. The van der Waals surface area contributed by atoms with Crippen LogP contribution in [0.3, 0.4) is 0 Å². The fourth-order valence-electron chi connectivity index (χ4n) is 6.50. The highest BCUT2D eigenvalue weighted by molar-refractivity contribution is 7.15. The molecule has 172 valence electrons. The van der Waals surface area contributed by atoms with Crippen molar-refractivity contribution in [3.05, 3.63) is 46.9 Å². The maximum absolute atomic E-state index is 13.9. The Morgan fingerprint density at radius 2 is 1.85 bits per heavy atom. The Morgan fingerprint density at radius 1 is 1.12 bits per heavy atom. The summed E-state index contributed by atoms with van der Waals surface area (Å²) in [6.07, 6.45) is 9.54. The molecule has 7 rings (SSSR count). The summed E-state index contributed by atoms with van der Waals surface area (Å²) in [5, 5.41) is 13.2. The zero-order chi connectivity index (χ0) is 22.6. The van der Waals surface area contributed by atoms with E-state index in [0.717, 1.165) is 34.9 Å². The van der Waals surface area contributed by atoms with Gasteiger partial charge in [-0.25, -0.2) is 13.8 Å². The van der Waals surface area contributed by atoms with Crippen LogP contribution in [-0.4, -0.2) is 21.1 Å². The van der Waals surface area contributed by atoms with Gasteiger partial charge in [-0.05, 0) is 68.4 Å². The molecule has 1 amide bonds. The van der Waals surface area contributed by atoms with Crippen LogP contribution in [0.1, 0.15) is 55.8 Å². The first-order valence-electron chi connectivity index (χ1n) is 11.5. The van der Waals surface area contributed by atoms with E-state index in [1.807, 2.05) is 0 Å². The first kappa shape index (κ1) is 20.9. The molecule has 2 aromatic heterocycles. The topological polar surface area (TPSA) is 80.9 Å². The molecular formula is C24H24F2N4O2S. The Balaban J connectivity index is 1.07. The van der Waals surface area contributed by atoms with E-state index < -0.39 is 11.6 Å². The molecule has 0 atom stereocenters. The molecule has 6 nitrogen and oxygen atoms in total. The number of halogens is 2. The number of anilines is 1. The third kappa shape index (κ3) is 3.96. The summed E-state index contributed by atoms with van der Waals surface area (Å²) in [4.78, 5) is 16.6. The quantitative estimate of drug-likeness (QED) is 0.514. The predicted molar refractivity (Wildman–Crippen MR) is 119 cm³/mol. The van der Waals surface area contributed by atoms with E-state index in [1.54, 1.807) is 0 Å². The molecule has 4 fully saturated rings. The molecule has 0 spiro atoms. The number of nitrogens with one attached hydrogen (secondary N) is 1. The van der Waals surface area contributed by atoms with Gasteiger partial charge in [-0.3, -0.25) is 4.79 Å². The van der Waals surface area contributed by atoms with Crippen molar-refractivity contribution < 1.29 is 18.0 Å². The molecular weight excluding hydrogens is 446 g/mol. The minimum atomic E-state index is -0.721. The number of benzene rings is 1. The van der Waals surface area contributed by atoms with Gasteiger partial charge in [0.2, 0.25) is 11.0 Å². The fraction of sp³-hybridized carbons (Fsp3) is 0.500. The van der Waals surface area contributed by atoms with Crippen LogP contribution >= 0.6 is 11.3 Å². The first-order valence-corrected chi connectivity index (χ1v) is 12.3. The van der Waals surface area contributed by atoms with Crippen LogP contribution in [0.25, 0.3) is 11.3 Å². The molecule has 0 saturated heterocycles. The van der Waals surface area contributed by atoms with Crippen molar-refractivity contribution in [3.63, 3.8) is 0 Å². The SMILES string of the molecule is O=C(CCc1ncc(-c2ccc(F)cc2F)o1)Nc1nnc(C23CC4CC(CC(C4)C2)C3)s1. The Labute approximate surface area is 193 Å². The Morgan fingerprint density at radius 3 is 2.55 bits per heavy atom. The normalized spacial score (nSPS) is 27.8. The molecule has 0 aliphatic heterocycles. The predicted octanol–water partition coefficient (Wildman–Crippen LogP) is 5.51. The lowest BCUT2D eigenvalue weighted by Crippen LogP contribution is -2.48. The third-order valence-corrected chi connectivity index (χ3v) is 8.56. The number of aryl methyl sites for hydroxylation is 1. The van der Waals surface area contributed by atoms with Gasteiger partial charge in [0.25, 0.3) is 0 Å². The molecule has 4 aliphatic rings. The molecule has 2 heterocycles. The van der Waals surface area contributed by atoms with Gasteiger partial charge < -0.3 is 9.73 Å². The second-order valence-electron chi connectivity index (χ2n) is 9.90. The van der Waals surface area contributed by atoms with Crippen molar-refractivity contribution in [3.8, 4) is 11.3 Å². The van der Waals surface area contributed by atoms with Crippen molar-refractivity contribution in [2.24, 2.45) is 17.8 Å². The first-order chi connectivity index (χ1) is 16.0. The number of amides is 1. The second kappa shape index (κ2) is 7.97. The van der Waals surface area contributed by atoms with E-state index in [2.05, 4.69) is 20.5 Å². The van der Waals surface area contributed by atoms with E-state index in [-0.39, 0.29) is 35.5 Å². The number of oxazole rings is 1. The smallest absolute Gasteiger partial charge is 0.226 e. The monoisotopic (exact) mass is 470 g/mol. The average Bonchev–Trinajstić information content (AvgIpc) is 3.41. The molecule has 3 aromatic rings. The zero-order valence-electron chi connectivity index (χ0n) is 18.0. The fourth-order valence-corrected chi connectivity index (χ4v) is 7.48. The molecule has 4 saturated carbocycles. The van der Waals surface area contributed by atoms with Gasteiger partial charge >= 0.3 is 0 Å². The summed E-state index contributed by atoms with van der Waals surface area (Å²) in [5.41, 5.74) is 0.296. The summed E-state index contributed by atoms with van der Waals surface area (Å²) in [7, 11) is 0. The standard InChI is InChI=1S/C24H24F2N4O2S/c25-16-1-2-17(18(26)8-16)19-12-27-21(32-19)4-3-20(31)28-23-30-29-22(33-23)24-9-13-5-14(10-24)7-15(6-13)11-24/h1-2,8,12-15H,3-7,9-11H2,(H,28,30,31). The number of hydrogen-bond donors (Lipinski definition) is 1. The lowest BCUT2D eigenvalue weighted by molar-refractivity contribution is -0.116. The van der Waals surface area contributed by atoms with E-state index >= 15 is 0 Å². The van der Waals surface area contributed by atoms with E-state index in [9.17, 15) is 13.6 Å². The van der Waals surface area contributed by atoms with Gasteiger partial charge in [-0.2, -0.15) is 0 Å². The van der Waals surface area contributed by atoms with Crippen LogP contribution in [-0.2, 0) is 16.6 Å². The van der Waals surface area contributed by atoms with Crippen molar-refractivity contribution >= 4 is 22.4 Å². The Hall–Kier alpha value is -2.68. The second-order valence-corrected chi connectivity index (χ2v) is 10.9. The van der Waals surface area contributed by atoms with Gasteiger partial charge in [-0.1, -0.05) is 11.3 Å². The molecule has 4 aliphatic carbocycles. The molecule has 1 aromatic carbocycles. The van der Waals surface area contributed by atoms with E-state index in [4.69, 9.17) is 4.42 Å². The summed E-state index contributed by atoms with van der Waals surface area (Å²) in [6.45, 7) is 0. The maximum atomic E-state index is 13.9. The van der Waals surface area contributed by atoms with Gasteiger partial charge in [0.1, 0.15) is 16.6 Å². The molecule has 4 bridgehead atoms. The number of carbonyl (C=O) groups is 1. The van der Waals surface area contributed by atoms with Crippen molar-refractivity contribution in [1.82, 2.24) is 15.2 Å². The largest absolute Gasteiger partial charge is 0.441 e. The number of rotatable bonds is 6. The zero-order valence-corrected chi connectivity index (χ0v) is 18.8. The molecule has 1 N–H and O–H groups in total. The van der Waals surface area contributed by atoms with Crippen molar-refractivity contribution in [2.45, 2.75) is 56.8 Å². The van der Waals surface area contributed by atoms with Gasteiger partial charge in [0.05, 0.1) is 11.8 Å². The lowest BCUT2D eigenvalue weighted by Gasteiger charge is -2.55. The van der Waals surface area contributed by atoms with Crippen LogP contribution in [0, 0.1) is 29.4 Å². The highest BCUT2D eigenvalue weighted by Crippen LogP contribution is 2.61. The summed E-state index contributed by atoms with van der Waals surface area (Å²) >= 11 is 1.51. The number of carbonyl (C=O) groups excluding carboxylic acids is 1.